The Morgan fingerprint density at radius 2 is 1.83 bits per heavy atom. The lowest BCUT2D eigenvalue weighted by atomic mass is 10.0. The molecule has 4 rings (SSSR count). The Hall–Kier alpha value is -2.86. The molecule has 1 N–H and O–H groups in total. The average Bonchev–Trinajstić information content (AvgIpc) is 3.10. The fraction of sp³-hybridized carbons (Fsp3) is 0.118. The van der Waals surface area contributed by atoms with E-state index in [1.165, 1.54) is 0 Å². The van der Waals surface area contributed by atoms with E-state index in [1.54, 1.807) is 11.8 Å². The Bertz CT molecular complexity index is 886. The predicted molar refractivity (Wildman–Crippen MR) is 92.0 cm³/mol. The van der Waals surface area contributed by atoms with Crippen molar-refractivity contribution in [2.24, 2.45) is 0 Å². The van der Waals surface area contributed by atoms with E-state index in [9.17, 15) is 0 Å². The van der Waals surface area contributed by atoms with Crippen LogP contribution in [0.4, 0.5) is 5.95 Å². The van der Waals surface area contributed by atoms with E-state index in [-0.39, 0.29) is 6.04 Å². The van der Waals surface area contributed by atoms with E-state index < -0.39 is 0 Å². The highest BCUT2D eigenvalue weighted by Gasteiger charge is 2.24. The molecule has 1 aliphatic rings. The van der Waals surface area contributed by atoms with Crippen molar-refractivity contribution in [2.45, 2.75) is 6.04 Å². The Balaban J connectivity index is 1.77. The number of hydrogen-bond acceptors (Lipinski definition) is 5. The van der Waals surface area contributed by atoms with Gasteiger partial charge in [-0.25, -0.2) is 0 Å². The lowest BCUT2D eigenvalue weighted by Crippen LogP contribution is -2.20. The molecule has 0 aliphatic carbocycles. The van der Waals surface area contributed by atoms with E-state index >= 15 is 0 Å². The Labute approximate surface area is 143 Å². The summed E-state index contributed by atoms with van der Waals surface area (Å²) in [4.78, 5) is 0. The summed E-state index contributed by atoms with van der Waals surface area (Å²) >= 11 is 5.98. The summed E-state index contributed by atoms with van der Waals surface area (Å²) in [6.07, 6.45) is 2.09. The topological polar surface area (TPSA) is 64.9 Å². The number of fused-ring (bicyclic) bond motifs is 1. The van der Waals surface area contributed by atoms with Crippen molar-refractivity contribution in [2.75, 3.05) is 12.4 Å². The van der Waals surface area contributed by atoms with Crippen LogP contribution in [0.2, 0.25) is 5.02 Å². The molecule has 1 unspecified atom stereocenters. The van der Waals surface area contributed by atoms with Gasteiger partial charge in [-0.05, 0) is 51.9 Å². The molecular formula is C17H14ClN5O. The second kappa shape index (κ2) is 5.98. The second-order valence-corrected chi connectivity index (χ2v) is 5.81. The number of hydrogen-bond donors (Lipinski definition) is 1. The van der Waals surface area contributed by atoms with Gasteiger partial charge in [-0.3, -0.25) is 0 Å². The molecule has 1 atom stereocenters. The van der Waals surface area contributed by atoms with Crippen LogP contribution >= 0.6 is 11.6 Å². The minimum absolute atomic E-state index is 0.104. The molecule has 0 bridgehead atoms. The summed E-state index contributed by atoms with van der Waals surface area (Å²) in [5.41, 5.74) is 3.03. The third-order valence-electron chi connectivity index (χ3n) is 3.94. The molecule has 2 heterocycles. The van der Waals surface area contributed by atoms with Crippen LogP contribution in [0.1, 0.15) is 17.2 Å². The Morgan fingerprint density at radius 1 is 1.08 bits per heavy atom. The number of methoxy groups -OCH3 is 1. The third-order valence-corrected chi connectivity index (χ3v) is 4.19. The van der Waals surface area contributed by atoms with Gasteiger partial charge in [-0.2, -0.15) is 4.68 Å². The molecule has 7 heteroatoms. The number of halogens is 1. The molecule has 1 aliphatic heterocycles. The van der Waals surface area contributed by atoms with Crippen molar-refractivity contribution in [1.29, 1.82) is 0 Å². The van der Waals surface area contributed by atoms with Gasteiger partial charge >= 0.3 is 0 Å². The number of benzene rings is 2. The van der Waals surface area contributed by atoms with Crippen molar-refractivity contribution >= 4 is 23.2 Å². The monoisotopic (exact) mass is 339 g/mol. The number of anilines is 1. The highest BCUT2D eigenvalue weighted by Crippen LogP contribution is 2.32. The molecule has 2 aromatic carbocycles. The van der Waals surface area contributed by atoms with Crippen LogP contribution in [0.5, 0.6) is 5.75 Å². The summed E-state index contributed by atoms with van der Waals surface area (Å²) in [7, 11) is 1.65. The normalized spacial score (nSPS) is 16.1. The molecule has 0 saturated heterocycles. The van der Waals surface area contributed by atoms with Gasteiger partial charge in [0.05, 0.1) is 7.11 Å². The molecule has 1 aromatic heterocycles. The van der Waals surface area contributed by atoms with Crippen molar-refractivity contribution in [1.82, 2.24) is 20.2 Å². The molecule has 120 valence electrons. The third kappa shape index (κ3) is 2.61. The van der Waals surface area contributed by atoms with Crippen LogP contribution in [0.25, 0.3) is 5.70 Å². The minimum Gasteiger partial charge on any atom is -0.497 e. The van der Waals surface area contributed by atoms with E-state index in [0.717, 1.165) is 22.6 Å². The first-order chi connectivity index (χ1) is 11.7. The van der Waals surface area contributed by atoms with Crippen LogP contribution in [-0.4, -0.2) is 27.3 Å². The van der Waals surface area contributed by atoms with E-state index in [0.29, 0.717) is 11.0 Å². The maximum atomic E-state index is 5.98. The van der Waals surface area contributed by atoms with Crippen molar-refractivity contribution in [3.05, 3.63) is 70.8 Å². The van der Waals surface area contributed by atoms with Gasteiger partial charge in [0.15, 0.2) is 0 Å². The quantitative estimate of drug-likeness (QED) is 0.792. The van der Waals surface area contributed by atoms with Crippen molar-refractivity contribution in [3.8, 4) is 5.75 Å². The maximum Gasteiger partial charge on any atom is 0.248 e. The number of allylic oxidation sites excluding steroid dienone is 1. The van der Waals surface area contributed by atoms with E-state index in [1.807, 2.05) is 48.5 Å². The van der Waals surface area contributed by atoms with Crippen LogP contribution in [0.15, 0.2) is 54.6 Å². The van der Waals surface area contributed by atoms with Gasteiger partial charge in [-0.15, -0.1) is 0 Å². The fourth-order valence-corrected chi connectivity index (χ4v) is 2.82. The molecule has 24 heavy (non-hydrogen) atoms. The number of nitrogens with zero attached hydrogens (tertiary/aromatic N) is 4. The molecule has 0 fully saturated rings. The summed E-state index contributed by atoms with van der Waals surface area (Å²) < 4.78 is 6.98. The molecule has 6 nitrogen and oxygen atoms in total. The largest absolute Gasteiger partial charge is 0.497 e. The van der Waals surface area contributed by atoms with Gasteiger partial charge in [0.25, 0.3) is 0 Å². The Kier molecular flexibility index (Phi) is 3.66. The molecule has 0 amide bonds. The predicted octanol–water partition coefficient (Wildman–Crippen LogP) is 3.39. The lowest BCUT2D eigenvalue weighted by Gasteiger charge is -2.23. The highest BCUT2D eigenvalue weighted by molar-refractivity contribution is 6.30. The van der Waals surface area contributed by atoms with Gasteiger partial charge in [-0.1, -0.05) is 41.0 Å². The SMILES string of the molecule is COc1ccc(C2C=C(c3ccc(Cl)cc3)Nc3nnnn32)cc1. The standard InChI is InChI=1S/C17H14ClN5O/c1-24-14-8-4-12(5-9-14)16-10-15(11-2-6-13(18)7-3-11)19-17-20-21-22-23(16)17/h2-10,16H,1H3,(H,19,20,22). The number of rotatable bonds is 3. The van der Waals surface area contributed by atoms with Gasteiger partial charge in [0.1, 0.15) is 11.8 Å². The zero-order valence-electron chi connectivity index (χ0n) is 12.8. The first-order valence-electron chi connectivity index (χ1n) is 7.41. The number of ether oxygens (including phenoxy) is 1. The summed E-state index contributed by atoms with van der Waals surface area (Å²) in [6.45, 7) is 0. The maximum absolute atomic E-state index is 5.98. The molecule has 3 aromatic rings. The fourth-order valence-electron chi connectivity index (χ4n) is 2.69. The highest BCUT2D eigenvalue weighted by atomic mass is 35.5. The lowest BCUT2D eigenvalue weighted by molar-refractivity contribution is 0.414. The molecule has 0 spiro atoms. The van der Waals surface area contributed by atoms with Crippen LogP contribution in [-0.2, 0) is 0 Å². The molecule has 0 saturated carbocycles. The number of nitrogens with one attached hydrogen (secondary N) is 1. The van der Waals surface area contributed by atoms with E-state index in [4.69, 9.17) is 16.3 Å². The van der Waals surface area contributed by atoms with Crippen LogP contribution in [0.3, 0.4) is 0 Å². The second-order valence-electron chi connectivity index (χ2n) is 5.38. The van der Waals surface area contributed by atoms with Gasteiger partial charge < -0.3 is 10.1 Å². The average molecular weight is 340 g/mol. The molecular weight excluding hydrogens is 326 g/mol. The number of aromatic nitrogens is 4. The zero-order chi connectivity index (χ0) is 16.5. The van der Waals surface area contributed by atoms with Gasteiger partial charge in [0.2, 0.25) is 5.95 Å². The zero-order valence-corrected chi connectivity index (χ0v) is 13.6. The van der Waals surface area contributed by atoms with Crippen molar-refractivity contribution in [3.63, 3.8) is 0 Å². The summed E-state index contributed by atoms with van der Waals surface area (Å²) in [5.74, 6) is 1.41. The van der Waals surface area contributed by atoms with E-state index in [2.05, 4.69) is 26.9 Å². The Morgan fingerprint density at radius 3 is 2.54 bits per heavy atom. The first kappa shape index (κ1) is 14.7. The minimum atomic E-state index is -0.104. The first-order valence-corrected chi connectivity index (χ1v) is 7.79. The number of tetrazole rings is 1. The van der Waals surface area contributed by atoms with Crippen molar-refractivity contribution < 1.29 is 4.74 Å². The smallest absolute Gasteiger partial charge is 0.248 e. The van der Waals surface area contributed by atoms with Crippen LogP contribution in [0, 0.1) is 0 Å². The van der Waals surface area contributed by atoms with Crippen LogP contribution < -0.4 is 10.1 Å². The summed E-state index contributed by atoms with van der Waals surface area (Å²) in [5, 5.41) is 15.9. The van der Waals surface area contributed by atoms with Gasteiger partial charge in [0, 0.05) is 10.7 Å². The summed E-state index contributed by atoms with van der Waals surface area (Å²) in [6, 6.07) is 15.4. The molecule has 0 radical (unpaired) electrons.